The minimum atomic E-state index is -4.28. The van der Waals surface area contributed by atoms with Crippen LogP contribution in [0.5, 0.6) is 5.88 Å². The van der Waals surface area contributed by atoms with Gasteiger partial charge in [0.2, 0.25) is 0 Å². The Balaban J connectivity index is 0.923. The zero-order valence-electron chi connectivity index (χ0n) is 31.4. The summed E-state index contributed by atoms with van der Waals surface area (Å²) in [7, 11) is -4.28. The Morgan fingerprint density at radius 1 is 0.981 bits per heavy atom. The first-order valence-corrected chi connectivity index (χ1v) is 20.9. The Morgan fingerprint density at radius 3 is 2.43 bits per heavy atom. The fourth-order valence-corrected chi connectivity index (χ4v) is 12.3. The fraction of sp³-hybridized carbons (Fsp3) is 0.718. The van der Waals surface area contributed by atoms with Crippen LogP contribution in [0, 0.1) is 51.5 Å². The first kappa shape index (κ1) is 40.0. The zero-order valence-corrected chi connectivity index (χ0v) is 32.2. The van der Waals surface area contributed by atoms with Gasteiger partial charge in [0.15, 0.2) is 0 Å². The van der Waals surface area contributed by atoms with E-state index in [9.17, 15) is 38.2 Å². The predicted molar refractivity (Wildman–Crippen MR) is 190 cm³/mol. The number of carbonyl (C=O) groups is 3. The van der Waals surface area contributed by atoms with E-state index < -0.39 is 38.8 Å². The molecule has 10 atom stereocenters. The molecule has 4 aliphatic carbocycles. The molecule has 298 valence electrons. The van der Waals surface area contributed by atoms with Crippen LogP contribution in [0.25, 0.3) is 0 Å². The van der Waals surface area contributed by atoms with Crippen LogP contribution in [0.4, 0.5) is 0 Å². The van der Waals surface area contributed by atoms with E-state index in [2.05, 4.69) is 30.6 Å². The van der Waals surface area contributed by atoms with Crippen molar-refractivity contribution in [3.8, 4) is 5.88 Å². The number of esters is 2. The van der Waals surface area contributed by atoms with Crippen molar-refractivity contribution in [3.05, 3.63) is 35.5 Å². The number of carboxylic acid groups (broad SMARTS) is 1. The summed E-state index contributed by atoms with van der Waals surface area (Å²) < 4.78 is 46.5. The van der Waals surface area contributed by atoms with Crippen LogP contribution in [-0.4, -0.2) is 67.1 Å². The molecule has 14 nitrogen and oxygen atoms in total. The van der Waals surface area contributed by atoms with Crippen molar-refractivity contribution < 1.29 is 56.8 Å². The van der Waals surface area contributed by atoms with Gasteiger partial charge in [0.05, 0.1) is 16.2 Å². The maximum absolute atomic E-state index is 12.9. The van der Waals surface area contributed by atoms with Gasteiger partial charge in [0, 0.05) is 19.3 Å². The molecule has 0 bridgehead atoms. The molecule has 0 spiro atoms. The van der Waals surface area contributed by atoms with E-state index in [4.69, 9.17) is 14.2 Å². The van der Waals surface area contributed by atoms with Gasteiger partial charge < -0.3 is 29.6 Å². The van der Waals surface area contributed by atoms with Gasteiger partial charge in [-0.1, -0.05) is 39.0 Å². The minimum absolute atomic E-state index is 0.0346. The number of aliphatic hydroxyl groups excluding tert-OH is 1. The Hall–Kier alpha value is -3.72. The summed E-state index contributed by atoms with van der Waals surface area (Å²) in [5, 5.41) is 35.5. The highest BCUT2D eigenvalue weighted by Gasteiger charge is 2.63. The molecule has 2 N–H and O–H groups in total. The number of aromatic nitrogens is 2. The third-order valence-corrected chi connectivity index (χ3v) is 15.4. The van der Waals surface area contributed by atoms with E-state index >= 15 is 0 Å². The van der Waals surface area contributed by atoms with E-state index in [-0.39, 0.29) is 83.4 Å². The van der Waals surface area contributed by atoms with Crippen LogP contribution >= 0.6 is 0 Å². The lowest BCUT2D eigenvalue weighted by Gasteiger charge is -2.62. The van der Waals surface area contributed by atoms with E-state index in [0.717, 1.165) is 38.5 Å². The van der Waals surface area contributed by atoms with Crippen molar-refractivity contribution >= 4 is 27.7 Å². The van der Waals surface area contributed by atoms with Crippen LogP contribution in [0.2, 0.25) is 0 Å². The van der Waals surface area contributed by atoms with Crippen molar-refractivity contribution in [2.75, 3.05) is 13.2 Å². The lowest BCUT2D eigenvalue weighted by Crippen LogP contribution is -2.58. The topological polar surface area (TPSA) is 206 Å². The smallest absolute Gasteiger partial charge is 0.415 e. The van der Waals surface area contributed by atoms with Gasteiger partial charge in [-0.3, -0.25) is 19.0 Å². The van der Waals surface area contributed by atoms with E-state index in [0.29, 0.717) is 42.9 Å². The predicted octanol–water partition coefficient (Wildman–Crippen LogP) is 5.28. The molecule has 1 aromatic heterocycles. The molecule has 4 aliphatic rings. The maximum atomic E-state index is 12.9. The third kappa shape index (κ3) is 7.98. The van der Waals surface area contributed by atoms with Crippen molar-refractivity contribution in [3.63, 3.8) is 0 Å². The monoisotopic (exact) mass is 774 g/mol. The summed E-state index contributed by atoms with van der Waals surface area (Å²) in [6.45, 7) is 6.46. The third-order valence-electron chi connectivity index (χ3n) is 13.7. The Kier molecular flexibility index (Phi) is 12.0. The van der Waals surface area contributed by atoms with Gasteiger partial charge in [0.25, 0.3) is 9.84 Å². The highest BCUT2D eigenvalue weighted by molar-refractivity contribution is 7.91. The molecule has 1 aromatic carbocycles. The zero-order chi connectivity index (χ0) is 38.8. The molecule has 1 heterocycles. The number of hydrogen-bond donors (Lipinski definition) is 2. The van der Waals surface area contributed by atoms with Crippen LogP contribution in [0.1, 0.15) is 104 Å². The number of aliphatic hydroxyl groups is 1. The van der Waals surface area contributed by atoms with Gasteiger partial charge in [-0.25, -0.2) is 8.42 Å². The molecule has 1 unspecified atom stereocenters. The molecule has 6 rings (SSSR count). The number of nitrogens with zero attached hydrogens (tertiary/aromatic N) is 2. The molecule has 2 aromatic rings. The number of rotatable bonds is 15. The minimum Gasteiger partial charge on any atom is -0.481 e. The van der Waals surface area contributed by atoms with Crippen molar-refractivity contribution in [1.82, 2.24) is 5.16 Å². The van der Waals surface area contributed by atoms with Crippen molar-refractivity contribution in [2.45, 2.75) is 126 Å². The molecular weight excluding hydrogens is 720 g/mol. The number of benzene rings is 1. The molecule has 0 aliphatic heterocycles. The second-order valence-corrected chi connectivity index (χ2v) is 18.5. The number of carbonyl (C=O) groups excluding carboxylic acids is 2. The molecule has 4 saturated carbocycles. The largest absolute Gasteiger partial charge is 0.481 e. The summed E-state index contributed by atoms with van der Waals surface area (Å²) in [5.74, 6) is -0.0780. The number of ether oxygens (including phenoxy) is 3. The Bertz CT molecular complexity index is 1770. The number of fused-ring (bicyclic) bond motifs is 5. The molecule has 4 fully saturated rings. The van der Waals surface area contributed by atoms with Gasteiger partial charge in [-0.05, 0) is 128 Å². The van der Waals surface area contributed by atoms with E-state index in [1.165, 1.54) is 24.3 Å². The summed E-state index contributed by atoms with van der Waals surface area (Å²) >= 11 is 0. The lowest BCUT2D eigenvalue weighted by molar-refractivity contribution is -0.832. The van der Waals surface area contributed by atoms with Crippen LogP contribution < -0.4 is 9.64 Å². The Labute approximate surface area is 316 Å². The second kappa shape index (κ2) is 16.2. The van der Waals surface area contributed by atoms with Gasteiger partial charge >= 0.3 is 28.8 Å². The van der Waals surface area contributed by atoms with Crippen molar-refractivity contribution in [1.29, 1.82) is 0 Å². The summed E-state index contributed by atoms with van der Waals surface area (Å²) in [5.41, 5.74) is 0.185. The summed E-state index contributed by atoms with van der Waals surface area (Å²) in [6.07, 6.45) is 7.97. The normalized spacial score (nSPS) is 32.4. The molecule has 54 heavy (non-hydrogen) atoms. The highest BCUT2D eigenvalue weighted by Crippen LogP contribution is 2.68. The molecule has 0 radical (unpaired) electrons. The average molecular weight is 775 g/mol. The molecular formula is C39H54N2O12S. The first-order chi connectivity index (χ1) is 25.6. The van der Waals surface area contributed by atoms with Crippen LogP contribution in [-0.2, 0) is 33.7 Å². The number of aliphatic carboxylic acids is 1. The SMILES string of the molecule is C[C@H](CCC(=O)O)[C@H]1CC[C@H]2C3[C@@H](O)C[C@@H]4C[C@H](OC(=O)CCCC(=O)OCCOc5no[n+]([O-])c5S(=O)(=O)c5ccccc5)CC[C@]4(C)[C@H]3CC[C@]12C. The first-order valence-electron chi connectivity index (χ1n) is 19.4. The quantitative estimate of drug-likeness (QED) is 0.134. The van der Waals surface area contributed by atoms with Gasteiger partial charge in [-0.2, -0.15) is 0 Å². The standard InChI is InChI=1S/C39H54N2O12S/c1-24(12-15-32(43)44)28-13-14-29-35-30(17-19-39(28,29)3)38(2)18-16-26(22-25(38)23-31(35)42)52-34(46)11-7-10-33(45)50-20-21-51-36-37(41(47)53-40-36)54(48,49)27-8-5-4-6-9-27/h4-6,8-9,24-26,28-31,35,42H,7,10-23H2,1-3H3,(H,43,44)/t24-,25+,26-,28-,29+,30+,31+,35?,38+,39-/m1/s1. The van der Waals surface area contributed by atoms with E-state index in [1.54, 1.807) is 6.07 Å². The molecule has 15 heteroatoms. The fourth-order valence-electron chi connectivity index (χ4n) is 11.0. The van der Waals surface area contributed by atoms with Crippen LogP contribution in [0.3, 0.4) is 0 Å². The van der Waals surface area contributed by atoms with Gasteiger partial charge in [-0.15, -0.1) is 0 Å². The van der Waals surface area contributed by atoms with Crippen LogP contribution in [0.15, 0.2) is 44.9 Å². The van der Waals surface area contributed by atoms with Crippen molar-refractivity contribution in [2.24, 2.45) is 46.3 Å². The summed E-state index contributed by atoms with van der Waals surface area (Å²) in [4.78, 5) is 36.0. The Morgan fingerprint density at radius 2 is 1.69 bits per heavy atom. The molecule has 0 saturated heterocycles. The maximum Gasteiger partial charge on any atom is 0.415 e. The lowest BCUT2D eigenvalue weighted by atomic mass is 9.43. The second-order valence-electron chi connectivity index (χ2n) is 16.6. The highest BCUT2D eigenvalue weighted by atomic mass is 32.2. The van der Waals surface area contributed by atoms with Gasteiger partial charge in [0.1, 0.15) is 19.3 Å². The number of carboxylic acids is 1. The number of hydrogen-bond acceptors (Lipinski definition) is 12. The average Bonchev–Trinajstić information content (AvgIpc) is 3.69. The van der Waals surface area contributed by atoms with E-state index in [1.807, 2.05) is 0 Å². The number of sulfone groups is 1. The molecule has 0 amide bonds. The summed E-state index contributed by atoms with van der Waals surface area (Å²) in [6, 6.07) is 7.27.